The fraction of sp³-hybridized carbons (Fsp3) is 0.450. The summed E-state index contributed by atoms with van der Waals surface area (Å²) in [6.45, 7) is 3.54. The first-order chi connectivity index (χ1) is 15.1. The lowest BCUT2D eigenvalue weighted by molar-refractivity contribution is -0.265. The minimum atomic E-state index is -1.78. The van der Waals surface area contributed by atoms with Crippen LogP contribution in [0, 0.1) is 0 Å². The van der Waals surface area contributed by atoms with Gasteiger partial charge < -0.3 is 24.8 Å². The van der Waals surface area contributed by atoms with E-state index in [1.807, 2.05) is 0 Å². The van der Waals surface area contributed by atoms with Crippen molar-refractivity contribution in [1.29, 1.82) is 0 Å². The van der Waals surface area contributed by atoms with Gasteiger partial charge in [-0.05, 0) is 12.1 Å². The van der Waals surface area contributed by atoms with Crippen molar-refractivity contribution in [3.63, 3.8) is 0 Å². The molecule has 0 radical (unpaired) electrons. The van der Waals surface area contributed by atoms with E-state index in [-0.39, 0.29) is 29.8 Å². The zero-order valence-corrected chi connectivity index (χ0v) is 17.5. The number of benzene rings is 1. The van der Waals surface area contributed by atoms with Gasteiger partial charge in [0.15, 0.2) is 0 Å². The number of primary amides is 1. The molecule has 1 aromatic carbocycles. The Kier molecular flexibility index (Phi) is 5.04. The monoisotopic (exact) mass is 447 g/mol. The summed E-state index contributed by atoms with van der Waals surface area (Å²) in [7, 11) is 0. The van der Waals surface area contributed by atoms with Gasteiger partial charge in [0.25, 0.3) is 5.79 Å². The Hall–Kier alpha value is -3.67. The lowest BCUT2D eigenvalue weighted by atomic mass is 9.82. The number of nitrogens with two attached hydrogens (primary N) is 1. The highest BCUT2D eigenvalue weighted by molar-refractivity contribution is 5.84. The van der Waals surface area contributed by atoms with Crippen LogP contribution in [-0.2, 0) is 28.7 Å². The quantitative estimate of drug-likeness (QED) is 0.287. The summed E-state index contributed by atoms with van der Waals surface area (Å²) < 4.78 is 16.1. The van der Waals surface area contributed by atoms with Crippen LogP contribution in [-0.4, -0.2) is 66.1 Å². The number of esters is 2. The highest BCUT2D eigenvalue weighted by atomic mass is 16.8. The molecule has 2 bridgehead atoms. The maximum Gasteiger partial charge on any atom is 0.404 e. The number of fused-ring (bicyclic) bond motifs is 6. The van der Waals surface area contributed by atoms with Crippen molar-refractivity contribution in [2.24, 2.45) is 5.73 Å². The van der Waals surface area contributed by atoms with Gasteiger partial charge in [-0.2, -0.15) is 0 Å². The third-order valence-electron chi connectivity index (χ3n) is 5.64. The Morgan fingerprint density at radius 2 is 1.94 bits per heavy atom. The maximum absolute atomic E-state index is 12.2. The Morgan fingerprint density at radius 3 is 2.50 bits per heavy atom. The van der Waals surface area contributed by atoms with Gasteiger partial charge in [0.1, 0.15) is 24.7 Å². The van der Waals surface area contributed by atoms with E-state index in [2.05, 4.69) is 0 Å². The van der Waals surface area contributed by atoms with Gasteiger partial charge in [-0.25, -0.2) is 14.7 Å². The van der Waals surface area contributed by atoms with Crippen LogP contribution in [0.1, 0.15) is 42.6 Å². The van der Waals surface area contributed by atoms with Crippen LogP contribution in [0.3, 0.4) is 0 Å². The highest BCUT2D eigenvalue weighted by Crippen LogP contribution is 2.58. The number of ether oxygens (including phenoxy) is 3. The fourth-order valence-electron chi connectivity index (χ4n) is 4.65. The average molecular weight is 447 g/mol. The molecule has 3 aliphatic rings. The van der Waals surface area contributed by atoms with Crippen LogP contribution < -0.4 is 15.5 Å². The van der Waals surface area contributed by atoms with E-state index in [0.29, 0.717) is 17.5 Å². The van der Waals surface area contributed by atoms with Crippen molar-refractivity contribution in [2.75, 3.05) is 18.2 Å². The summed E-state index contributed by atoms with van der Waals surface area (Å²) >= 11 is 0. The van der Waals surface area contributed by atoms with E-state index in [9.17, 15) is 24.0 Å². The smallest absolute Gasteiger partial charge is 0.404 e. The molecule has 0 aliphatic carbocycles. The number of amides is 2. The van der Waals surface area contributed by atoms with Gasteiger partial charge in [0, 0.05) is 31.9 Å². The number of hydrogen-bond donors (Lipinski definition) is 1. The van der Waals surface area contributed by atoms with Crippen molar-refractivity contribution in [3.05, 3.63) is 23.3 Å². The zero-order chi connectivity index (χ0) is 23.4. The molecule has 32 heavy (non-hydrogen) atoms. The second kappa shape index (κ2) is 7.48. The minimum Gasteiger partial charge on any atom is -0.449 e. The summed E-state index contributed by atoms with van der Waals surface area (Å²) in [4.78, 5) is 66.7. The summed E-state index contributed by atoms with van der Waals surface area (Å²) in [5, 5.41) is 1.39. The largest absolute Gasteiger partial charge is 0.449 e. The normalized spacial score (nSPS) is 26.9. The molecule has 0 spiro atoms. The Bertz CT molecular complexity index is 1040. The molecule has 12 heteroatoms. The lowest BCUT2D eigenvalue weighted by Crippen LogP contribution is -2.61. The number of hydrogen-bond acceptors (Lipinski definition) is 10. The lowest BCUT2D eigenvalue weighted by Gasteiger charge is -2.49. The van der Waals surface area contributed by atoms with Crippen LogP contribution in [0.5, 0.6) is 5.75 Å². The first-order valence-corrected chi connectivity index (χ1v) is 9.78. The number of aldehydes is 1. The maximum atomic E-state index is 12.2. The standard InChI is InChI=1S/C20H21N3O9/c1-9(25)23-15-6-22-14-4-12(7-24)5-16(30-10(2)26)17(14)13(8-29-19(21)28)20(32-22,18(15)23)31-11(3)27/h4-5,7,13,15,18H,6,8H2,1-3H3,(H2,21,28)/t13-,15-,18-,20?,23?/m0/s1. The molecule has 3 heterocycles. The van der Waals surface area contributed by atoms with E-state index in [1.54, 1.807) is 0 Å². The van der Waals surface area contributed by atoms with Crippen LogP contribution in [0.2, 0.25) is 0 Å². The molecule has 2 fully saturated rings. The molecule has 0 saturated carbocycles. The van der Waals surface area contributed by atoms with Crippen molar-refractivity contribution in [2.45, 2.75) is 44.6 Å². The summed E-state index contributed by atoms with van der Waals surface area (Å²) in [6.07, 6.45) is -0.515. The van der Waals surface area contributed by atoms with Crippen molar-refractivity contribution in [1.82, 2.24) is 4.90 Å². The van der Waals surface area contributed by atoms with Crippen LogP contribution in [0.4, 0.5) is 10.5 Å². The number of nitrogens with zero attached hydrogens (tertiary/aromatic N) is 2. The third kappa shape index (κ3) is 3.32. The van der Waals surface area contributed by atoms with Crippen molar-refractivity contribution >= 4 is 35.9 Å². The molecule has 1 unspecified atom stereocenters. The van der Waals surface area contributed by atoms with Crippen LogP contribution in [0.15, 0.2) is 12.1 Å². The Balaban J connectivity index is 1.95. The second-order valence-electron chi connectivity index (χ2n) is 7.75. The topological polar surface area (TPSA) is 155 Å². The molecule has 1 aromatic rings. The number of carbonyl (C=O) groups excluding carboxylic acids is 5. The molecule has 2 saturated heterocycles. The van der Waals surface area contributed by atoms with Gasteiger partial charge in [0.2, 0.25) is 5.91 Å². The van der Waals surface area contributed by atoms with E-state index in [1.165, 1.54) is 42.9 Å². The van der Waals surface area contributed by atoms with Gasteiger partial charge >= 0.3 is 18.0 Å². The van der Waals surface area contributed by atoms with E-state index in [4.69, 9.17) is 24.8 Å². The highest BCUT2D eigenvalue weighted by Gasteiger charge is 2.73. The number of carbonyl (C=O) groups is 5. The molecule has 3 aliphatic heterocycles. The predicted octanol–water partition coefficient (Wildman–Crippen LogP) is 0.227. The van der Waals surface area contributed by atoms with Gasteiger partial charge in [-0.1, -0.05) is 0 Å². The molecular formula is C20H21N3O9. The molecule has 4 atom stereocenters. The average Bonchev–Trinajstić information content (AvgIpc) is 3.42. The SMILES string of the molecule is CC(=O)Oc1cc(C=O)cc2c1[C@H](COC(N)=O)C1(OC(C)=O)ON2C[C@H]2[C@@H]1N2C(C)=O. The molecule has 2 amide bonds. The van der Waals surface area contributed by atoms with Gasteiger partial charge in [0.05, 0.1) is 24.2 Å². The Morgan fingerprint density at radius 1 is 1.22 bits per heavy atom. The first kappa shape index (κ1) is 21.6. The summed E-state index contributed by atoms with van der Waals surface area (Å²) in [5.41, 5.74) is 6.03. The number of hydroxylamine groups is 1. The van der Waals surface area contributed by atoms with Gasteiger partial charge in [-0.15, -0.1) is 0 Å². The third-order valence-corrected chi connectivity index (χ3v) is 5.64. The van der Waals surface area contributed by atoms with E-state index >= 15 is 0 Å². The Labute approximate surface area is 182 Å². The number of rotatable bonds is 5. The van der Waals surface area contributed by atoms with Crippen LogP contribution >= 0.6 is 0 Å². The first-order valence-electron chi connectivity index (χ1n) is 9.78. The fourth-order valence-corrected chi connectivity index (χ4v) is 4.65. The minimum absolute atomic E-state index is 0.00784. The number of anilines is 1. The zero-order valence-electron chi connectivity index (χ0n) is 17.5. The second-order valence-corrected chi connectivity index (χ2v) is 7.75. The molecule has 2 N–H and O–H groups in total. The summed E-state index contributed by atoms with van der Waals surface area (Å²) in [6, 6.07) is 1.82. The van der Waals surface area contributed by atoms with E-state index in [0.717, 1.165) is 0 Å². The molecule has 0 aromatic heterocycles. The van der Waals surface area contributed by atoms with E-state index < -0.39 is 42.4 Å². The van der Waals surface area contributed by atoms with Crippen molar-refractivity contribution in [3.8, 4) is 5.75 Å². The molecular weight excluding hydrogens is 426 g/mol. The molecule has 170 valence electrons. The van der Waals surface area contributed by atoms with Crippen molar-refractivity contribution < 1.29 is 43.0 Å². The predicted molar refractivity (Wildman–Crippen MR) is 104 cm³/mol. The summed E-state index contributed by atoms with van der Waals surface area (Å²) in [5.74, 6) is -4.43. The molecule has 12 nitrogen and oxygen atoms in total. The molecule has 4 rings (SSSR count). The van der Waals surface area contributed by atoms with Gasteiger partial charge in [-0.3, -0.25) is 19.2 Å². The van der Waals surface area contributed by atoms with Crippen LogP contribution in [0.25, 0.3) is 0 Å².